The van der Waals surface area contributed by atoms with Gasteiger partial charge in [0.05, 0.1) is 12.7 Å². The topological polar surface area (TPSA) is 57.2 Å². The Morgan fingerprint density at radius 1 is 1.20 bits per heavy atom. The van der Waals surface area contributed by atoms with E-state index in [1.54, 1.807) is 11.0 Å². The van der Waals surface area contributed by atoms with Crippen LogP contribution in [0, 0.1) is 0 Å². The lowest BCUT2D eigenvalue weighted by molar-refractivity contribution is -0.0177. The van der Waals surface area contributed by atoms with Gasteiger partial charge in [0.25, 0.3) is 0 Å². The van der Waals surface area contributed by atoms with Crippen molar-refractivity contribution in [2.45, 2.75) is 58.7 Å². The molecule has 1 amide bonds. The van der Waals surface area contributed by atoms with Crippen LogP contribution in [0.1, 0.15) is 47.0 Å². The van der Waals surface area contributed by atoms with E-state index in [9.17, 15) is 4.79 Å². The third-order valence-electron chi connectivity index (χ3n) is 4.51. The number of amides is 1. The van der Waals surface area contributed by atoms with Gasteiger partial charge in [0.1, 0.15) is 29.5 Å². The predicted octanol–water partition coefficient (Wildman–Crippen LogP) is 5.34. The Kier molecular flexibility index (Phi) is 9.24. The van der Waals surface area contributed by atoms with Crippen molar-refractivity contribution < 1.29 is 23.7 Å². The maximum atomic E-state index is 12.1. The van der Waals surface area contributed by atoms with Crippen LogP contribution in [0.3, 0.4) is 0 Å². The van der Waals surface area contributed by atoms with Crippen LogP contribution in [0.4, 0.5) is 4.79 Å². The fourth-order valence-corrected chi connectivity index (χ4v) is 3.04. The first-order valence-electron chi connectivity index (χ1n) is 10.6. The van der Waals surface area contributed by atoms with Crippen LogP contribution < -0.4 is 9.47 Å². The number of likely N-dealkylation sites (tertiary alicyclic amines) is 1. The van der Waals surface area contributed by atoms with Crippen molar-refractivity contribution in [2.75, 3.05) is 26.3 Å². The molecule has 1 saturated heterocycles. The van der Waals surface area contributed by atoms with E-state index in [2.05, 4.69) is 6.58 Å². The molecule has 0 atom stereocenters. The second kappa shape index (κ2) is 11.6. The lowest BCUT2D eigenvalue weighted by atomic mass is 10.1. The van der Waals surface area contributed by atoms with Gasteiger partial charge in [0.15, 0.2) is 0 Å². The minimum absolute atomic E-state index is 0.137. The van der Waals surface area contributed by atoms with Gasteiger partial charge in [0.2, 0.25) is 0 Å². The summed E-state index contributed by atoms with van der Waals surface area (Å²) in [6.07, 6.45) is 5.86. The van der Waals surface area contributed by atoms with Crippen LogP contribution in [0.15, 0.2) is 48.8 Å². The fourth-order valence-electron chi connectivity index (χ4n) is 3.04. The molecule has 0 bridgehead atoms. The number of hydrogen-bond donors (Lipinski definition) is 0. The Labute approximate surface area is 180 Å². The largest absolute Gasteiger partial charge is 0.491 e. The Morgan fingerprint density at radius 3 is 2.53 bits per heavy atom. The lowest BCUT2D eigenvalue weighted by Crippen LogP contribution is -2.43. The van der Waals surface area contributed by atoms with Gasteiger partial charge in [-0.25, -0.2) is 4.79 Å². The average Bonchev–Trinajstić information content (AvgIpc) is 2.70. The highest BCUT2D eigenvalue weighted by Gasteiger charge is 2.27. The number of rotatable bonds is 9. The first kappa shape index (κ1) is 23.8. The second-order valence-electron chi connectivity index (χ2n) is 8.19. The summed E-state index contributed by atoms with van der Waals surface area (Å²) in [5, 5.41) is 0. The first-order valence-corrected chi connectivity index (χ1v) is 10.6. The van der Waals surface area contributed by atoms with Gasteiger partial charge in [-0.05, 0) is 51.8 Å². The molecule has 0 radical (unpaired) electrons. The van der Waals surface area contributed by atoms with Crippen molar-refractivity contribution in [3.8, 4) is 11.5 Å². The Balaban J connectivity index is 1.69. The zero-order valence-electron chi connectivity index (χ0n) is 18.7. The highest BCUT2D eigenvalue weighted by atomic mass is 16.6. The molecule has 1 aromatic carbocycles. The van der Waals surface area contributed by atoms with E-state index in [1.165, 1.54) is 0 Å². The fraction of sp³-hybridized carbons (Fsp3) is 0.542. The Bertz CT molecular complexity index is 715. The van der Waals surface area contributed by atoms with Crippen LogP contribution in [0.25, 0.3) is 0 Å². The smallest absolute Gasteiger partial charge is 0.410 e. The molecule has 0 aliphatic carbocycles. The lowest BCUT2D eigenvalue weighted by Gasteiger charge is -2.33. The summed E-state index contributed by atoms with van der Waals surface area (Å²) in [5.74, 6) is 2.32. The summed E-state index contributed by atoms with van der Waals surface area (Å²) in [6, 6.07) is 7.56. The Hall–Kier alpha value is -2.47. The molecule has 166 valence electrons. The number of carbonyl (C=O) groups excluding carboxylic acids is 1. The zero-order valence-corrected chi connectivity index (χ0v) is 18.7. The predicted molar refractivity (Wildman–Crippen MR) is 118 cm³/mol. The molecular weight excluding hydrogens is 382 g/mol. The number of allylic oxidation sites excluding steroid dienone is 3. The Morgan fingerprint density at radius 2 is 1.90 bits per heavy atom. The van der Waals surface area contributed by atoms with E-state index in [1.807, 2.05) is 58.0 Å². The highest BCUT2D eigenvalue weighted by molar-refractivity contribution is 5.68. The maximum Gasteiger partial charge on any atom is 0.410 e. The molecule has 0 aromatic heterocycles. The molecule has 1 aliphatic heterocycles. The van der Waals surface area contributed by atoms with E-state index < -0.39 is 5.60 Å². The molecule has 6 nitrogen and oxygen atoms in total. The molecule has 1 aliphatic rings. The van der Waals surface area contributed by atoms with E-state index in [0.717, 1.165) is 36.5 Å². The quantitative estimate of drug-likeness (QED) is 0.308. The van der Waals surface area contributed by atoms with Crippen molar-refractivity contribution in [1.29, 1.82) is 0 Å². The van der Waals surface area contributed by atoms with Gasteiger partial charge >= 0.3 is 6.09 Å². The van der Waals surface area contributed by atoms with Gasteiger partial charge in [-0.2, -0.15) is 0 Å². The number of nitrogens with zero attached hydrogens (tertiary/aromatic N) is 1. The second-order valence-corrected chi connectivity index (χ2v) is 8.19. The van der Waals surface area contributed by atoms with Crippen molar-refractivity contribution in [1.82, 2.24) is 4.90 Å². The summed E-state index contributed by atoms with van der Waals surface area (Å²) in [5.41, 5.74) is -0.468. The standard InChI is InChI=1S/C24H35NO5/c1-6-9-19(7-2)29-22-11-8-10-21(18-22)28-17-16-27-20-12-14-25(15-13-20)23(26)30-24(3,4)5/h6,8-11,18,20H,1,7,12-17H2,2-5H3/b19-9+. The number of carbonyl (C=O) groups is 1. The summed E-state index contributed by atoms with van der Waals surface area (Å²) in [4.78, 5) is 13.9. The van der Waals surface area contributed by atoms with Crippen LogP contribution >= 0.6 is 0 Å². The minimum Gasteiger partial charge on any atom is -0.491 e. The van der Waals surface area contributed by atoms with Gasteiger partial charge < -0.3 is 23.8 Å². The van der Waals surface area contributed by atoms with Crippen molar-refractivity contribution in [3.63, 3.8) is 0 Å². The van der Waals surface area contributed by atoms with Crippen molar-refractivity contribution in [3.05, 3.63) is 48.8 Å². The van der Waals surface area contributed by atoms with Gasteiger partial charge in [-0.1, -0.05) is 25.6 Å². The van der Waals surface area contributed by atoms with E-state index in [0.29, 0.717) is 26.3 Å². The van der Waals surface area contributed by atoms with Gasteiger partial charge in [-0.15, -0.1) is 0 Å². The van der Waals surface area contributed by atoms with E-state index in [-0.39, 0.29) is 12.2 Å². The molecule has 6 heteroatoms. The van der Waals surface area contributed by atoms with E-state index >= 15 is 0 Å². The van der Waals surface area contributed by atoms with E-state index in [4.69, 9.17) is 18.9 Å². The molecular formula is C24H35NO5. The number of ether oxygens (including phenoxy) is 4. The van der Waals surface area contributed by atoms with Crippen LogP contribution in [-0.4, -0.2) is 49.0 Å². The molecule has 0 unspecified atom stereocenters. The average molecular weight is 418 g/mol. The molecule has 1 fully saturated rings. The summed E-state index contributed by atoms with van der Waals surface area (Å²) < 4.78 is 23.0. The first-order chi connectivity index (χ1) is 14.3. The molecule has 0 saturated carbocycles. The molecule has 2 rings (SSSR count). The zero-order chi connectivity index (χ0) is 22.0. The van der Waals surface area contributed by atoms with Gasteiger partial charge in [-0.3, -0.25) is 0 Å². The molecule has 1 heterocycles. The summed E-state index contributed by atoms with van der Waals surface area (Å²) >= 11 is 0. The molecule has 30 heavy (non-hydrogen) atoms. The highest BCUT2D eigenvalue weighted by Crippen LogP contribution is 2.22. The maximum absolute atomic E-state index is 12.1. The third kappa shape index (κ3) is 8.49. The molecule has 0 spiro atoms. The SMILES string of the molecule is C=C/C=C(\CC)Oc1cccc(OCCOC2CCN(C(=O)OC(C)(C)C)CC2)c1. The van der Waals surface area contributed by atoms with Gasteiger partial charge in [0, 0.05) is 25.6 Å². The number of piperidine rings is 1. The molecule has 1 aromatic rings. The van der Waals surface area contributed by atoms with Crippen molar-refractivity contribution >= 4 is 6.09 Å². The summed E-state index contributed by atoms with van der Waals surface area (Å²) in [6.45, 7) is 13.6. The molecule has 0 N–H and O–H groups in total. The minimum atomic E-state index is -0.468. The summed E-state index contributed by atoms with van der Waals surface area (Å²) in [7, 11) is 0. The van der Waals surface area contributed by atoms with Crippen molar-refractivity contribution in [2.24, 2.45) is 0 Å². The number of benzene rings is 1. The third-order valence-corrected chi connectivity index (χ3v) is 4.51. The normalized spacial score (nSPS) is 15.6. The monoisotopic (exact) mass is 417 g/mol. The number of hydrogen-bond acceptors (Lipinski definition) is 5. The van der Waals surface area contributed by atoms with Crippen LogP contribution in [0.5, 0.6) is 11.5 Å². The van der Waals surface area contributed by atoms with Crippen LogP contribution in [-0.2, 0) is 9.47 Å². The van der Waals surface area contributed by atoms with Crippen LogP contribution in [0.2, 0.25) is 0 Å².